The lowest BCUT2D eigenvalue weighted by Gasteiger charge is -2.12. The highest BCUT2D eigenvalue weighted by Gasteiger charge is 2.11. The molecule has 1 heterocycles. The first kappa shape index (κ1) is 15.8. The van der Waals surface area contributed by atoms with Gasteiger partial charge in [-0.3, -0.25) is 0 Å². The van der Waals surface area contributed by atoms with E-state index in [4.69, 9.17) is 0 Å². The van der Waals surface area contributed by atoms with Crippen molar-refractivity contribution in [2.75, 3.05) is 11.9 Å². The highest BCUT2D eigenvalue weighted by atomic mass is 32.2. The van der Waals surface area contributed by atoms with Crippen molar-refractivity contribution >= 4 is 17.6 Å². The zero-order chi connectivity index (χ0) is 15.1. The van der Waals surface area contributed by atoms with Gasteiger partial charge in [-0.05, 0) is 25.8 Å². The van der Waals surface area contributed by atoms with Gasteiger partial charge in [-0.15, -0.1) is 11.8 Å². The maximum absolute atomic E-state index is 4.49. The predicted molar refractivity (Wildman–Crippen MR) is 90.9 cm³/mol. The summed E-state index contributed by atoms with van der Waals surface area (Å²) in [5.41, 5.74) is 3.89. The highest BCUT2D eigenvalue weighted by molar-refractivity contribution is 7.98. The van der Waals surface area contributed by atoms with Crippen LogP contribution in [-0.4, -0.2) is 16.5 Å². The number of nitrogens with zero attached hydrogens (tertiary/aromatic N) is 2. The SMILES string of the molecule is CCCc1c(NCC)ncnc1SCc1cccc(C)c1. The predicted octanol–water partition coefficient (Wildman–Crippen LogP) is 4.46. The third-order valence-electron chi connectivity index (χ3n) is 3.21. The van der Waals surface area contributed by atoms with Gasteiger partial charge in [-0.2, -0.15) is 0 Å². The van der Waals surface area contributed by atoms with Crippen LogP contribution in [0.2, 0.25) is 0 Å². The average Bonchev–Trinajstić information content (AvgIpc) is 2.48. The summed E-state index contributed by atoms with van der Waals surface area (Å²) in [5.74, 6) is 1.93. The van der Waals surface area contributed by atoms with E-state index in [0.29, 0.717) is 0 Å². The van der Waals surface area contributed by atoms with E-state index >= 15 is 0 Å². The van der Waals surface area contributed by atoms with E-state index < -0.39 is 0 Å². The minimum atomic E-state index is 0.885. The largest absolute Gasteiger partial charge is 0.370 e. The second kappa shape index (κ2) is 8.03. The molecule has 112 valence electrons. The number of benzene rings is 1. The van der Waals surface area contributed by atoms with Crippen LogP contribution >= 0.6 is 11.8 Å². The summed E-state index contributed by atoms with van der Waals surface area (Å²) in [6.07, 6.45) is 3.78. The molecule has 0 fully saturated rings. The minimum Gasteiger partial charge on any atom is -0.370 e. The van der Waals surface area contributed by atoms with Crippen LogP contribution in [0.25, 0.3) is 0 Å². The van der Waals surface area contributed by atoms with Crippen molar-refractivity contribution in [2.24, 2.45) is 0 Å². The topological polar surface area (TPSA) is 37.8 Å². The molecule has 0 amide bonds. The maximum Gasteiger partial charge on any atom is 0.133 e. The Bertz CT molecular complexity index is 584. The van der Waals surface area contributed by atoms with Crippen molar-refractivity contribution in [1.29, 1.82) is 0 Å². The molecule has 0 bridgehead atoms. The minimum absolute atomic E-state index is 0.885. The average molecular weight is 301 g/mol. The number of nitrogens with one attached hydrogen (secondary N) is 1. The molecule has 0 saturated heterocycles. The Morgan fingerprint density at radius 1 is 1.19 bits per heavy atom. The van der Waals surface area contributed by atoms with Gasteiger partial charge in [-0.1, -0.05) is 43.2 Å². The van der Waals surface area contributed by atoms with Crippen LogP contribution in [0.4, 0.5) is 5.82 Å². The summed E-state index contributed by atoms with van der Waals surface area (Å²) >= 11 is 1.80. The molecule has 0 radical (unpaired) electrons. The normalized spacial score (nSPS) is 10.6. The molecule has 4 heteroatoms. The molecule has 21 heavy (non-hydrogen) atoms. The number of thioether (sulfide) groups is 1. The maximum atomic E-state index is 4.49. The van der Waals surface area contributed by atoms with E-state index in [1.165, 1.54) is 16.7 Å². The van der Waals surface area contributed by atoms with Crippen molar-refractivity contribution in [2.45, 2.75) is 44.4 Å². The zero-order valence-electron chi connectivity index (χ0n) is 13.0. The lowest BCUT2D eigenvalue weighted by atomic mass is 10.2. The Morgan fingerprint density at radius 2 is 2.05 bits per heavy atom. The quantitative estimate of drug-likeness (QED) is 0.605. The summed E-state index contributed by atoms with van der Waals surface area (Å²) in [7, 11) is 0. The van der Waals surface area contributed by atoms with Gasteiger partial charge in [0.2, 0.25) is 0 Å². The van der Waals surface area contributed by atoms with Crippen LogP contribution in [0.15, 0.2) is 35.6 Å². The number of anilines is 1. The molecule has 2 aromatic rings. The van der Waals surface area contributed by atoms with E-state index in [0.717, 1.165) is 36.0 Å². The van der Waals surface area contributed by atoms with Crippen LogP contribution in [-0.2, 0) is 12.2 Å². The lowest BCUT2D eigenvalue weighted by molar-refractivity contribution is 0.855. The van der Waals surface area contributed by atoms with E-state index in [1.807, 2.05) is 0 Å². The number of aromatic nitrogens is 2. The summed E-state index contributed by atoms with van der Waals surface area (Å²) in [6.45, 7) is 7.30. The van der Waals surface area contributed by atoms with Crippen molar-refractivity contribution < 1.29 is 0 Å². The molecule has 0 unspecified atom stereocenters. The molecule has 1 N–H and O–H groups in total. The van der Waals surface area contributed by atoms with E-state index in [9.17, 15) is 0 Å². The van der Waals surface area contributed by atoms with Gasteiger partial charge in [0.05, 0.1) is 0 Å². The first-order valence-corrected chi connectivity index (χ1v) is 8.49. The monoisotopic (exact) mass is 301 g/mol. The Kier molecular flexibility index (Phi) is 6.05. The van der Waals surface area contributed by atoms with Gasteiger partial charge in [0.25, 0.3) is 0 Å². The molecule has 1 aromatic heterocycles. The Balaban J connectivity index is 2.16. The van der Waals surface area contributed by atoms with E-state index in [-0.39, 0.29) is 0 Å². The number of aryl methyl sites for hydroxylation is 1. The molecule has 1 aromatic carbocycles. The van der Waals surface area contributed by atoms with Crippen LogP contribution in [0.3, 0.4) is 0 Å². The third kappa shape index (κ3) is 4.46. The second-order valence-corrected chi connectivity index (χ2v) is 6.03. The number of hydrogen-bond acceptors (Lipinski definition) is 4. The molecular weight excluding hydrogens is 278 g/mol. The highest BCUT2D eigenvalue weighted by Crippen LogP contribution is 2.28. The van der Waals surface area contributed by atoms with Crippen LogP contribution in [0, 0.1) is 6.92 Å². The van der Waals surface area contributed by atoms with Crippen molar-refractivity contribution in [3.8, 4) is 0 Å². The van der Waals surface area contributed by atoms with Gasteiger partial charge in [0.1, 0.15) is 17.2 Å². The van der Waals surface area contributed by atoms with Crippen LogP contribution in [0.5, 0.6) is 0 Å². The fourth-order valence-corrected chi connectivity index (χ4v) is 3.25. The van der Waals surface area contributed by atoms with Gasteiger partial charge < -0.3 is 5.32 Å². The van der Waals surface area contributed by atoms with Gasteiger partial charge >= 0.3 is 0 Å². The molecule has 0 aliphatic carbocycles. The van der Waals surface area contributed by atoms with Gasteiger partial charge in [0.15, 0.2) is 0 Å². The second-order valence-electron chi connectivity index (χ2n) is 5.06. The van der Waals surface area contributed by atoms with Gasteiger partial charge in [-0.25, -0.2) is 9.97 Å². The first-order valence-electron chi connectivity index (χ1n) is 7.50. The van der Waals surface area contributed by atoms with Gasteiger partial charge in [0, 0.05) is 17.9 Å². The summed E-state index contributed by atoms with van der Waals surface area (Å²) in [5, 5.41) is 4.45. The zero-order valence-corrected chi connectivity index (χ0v) is 13.8. The van der Waals surface area contributed by atoms with E-state index in [2.05, 4.69) is 60.3 Å². The molecular formula is C17H23N3S. The molecule has 0 atom stereocenters. The fourth-order valence-electron chi connectivity index (χ4n) is 2.27. The lowest BCUT2D eigenvalue weighted by Crippen LogP contribution is -2.06. The first-order chi connectivity index (χ1) is 10.2. The summed E-state index contributed by atoms with van der Waals surface area (Å²) in [4.78, 5) is 8.87. The molecule has 0 saturated carbocycles. The molecule has 0 spiro atoms. The smallest absolute Gasteiger partial charge is 0.133 e. The summed E-state index contributed by atoms with van der Waals surface area (Å²) in [6, 6.07) is 8.65. The van der Waals surface area contributed by atoms with Crippen LogP contribution in [0.1, 0.15) is 37.0 Å². The standard InChI is InChI=1S/C17H23N3S/c1-4-7-15-16(18-5-2)19-12-20-17(15)21-11-14-9-6-8-13(3)10-14/h6,8-10,12H,4-5,7,11H2,1-3H3,(H,18,19,20). The van der Waals surface area contributed by atoms with Crippen molar-refractivity contribution in [1.82, 2.24) is 9.97 Å². The van der Waals surface area contributed by atoms with Crippen molar-refractivity contribution in [3.05, 3.63) is 47.3 Å². The van der Waals surface area contributed by atoms with E-state index in [1.54, 1.807) is 18.1 Å². The molecule has 0 aliphatic heterocycles. The molecule has 3 nitrogen and oxygen atoms in total. The Morgan fingerprint density at radius 3 is 2.76 bits per heavy atom. The number of hydrogen-bond donors (Lipinski definition) is 1. The molecule has 0 aliphatic rings. The number of rotatable bonds is 7. The van der Waals surface area contributed by atoms with Crippen LogP contribution < -0.4 is 5.32 Å². The summed E-state index contributed by atoms with van der Waals surface area (Å²) < 4.78 is 0. The third-order valence-corrected chi connectivity index (χ3v) is 4.31. The van der Waals surface area contributed by atoms with Crippen molar-refractivity contribution in [3.63, 3.8) is 0 Å². The Hall–Kier alpha value is -1.55. The molecule has 2 rings (SSSR count). The fraction of sp³-hybridized carbons (Fsp3) is 0.412. The Labute approximate surface area is 131 Å².